The molecule has 2 rings (SSSR count). The fourth-order valence-electron chi connectivity index (χ4n) is 2.25. The van der Waals surface area contributed by atoms with E-state index < -0.39 is 11.9 Å². The van der Waals surface area contributed by atoms with Crippen molar-refractivity contribution in [2.24, 2.45) is 5.73 Å². The van der Waals surface area contributed by atoms with Crippen molar-refractivity contribution in [3.05, 3.63) is 17.5 Å². The maximum atomic E-state index is 11.5. The molecule has 1 aromatic rings. The molecule has 1 saturated heterocycles. The SMILES string of the molecule is Cc1cc(C2CCCN2CC(=O)NC(N)=O)no1. The van der Waals surface area contributed by atoms with Crippen molar-refractivity contribution < 1.29 is 14.1 Å². The fraction of sp³-hybridized carbons (Fsp3) is 0.545. The van der Waals surface area contributed by atoms with Gasteiger partial charge in [0.15, 0.2) is 0 Å². The quantitative estimate of drug-likeness (QED) is 0.806. The van der Waals surface area contributed by atoms with E-state index in [1.165, 1.54) is 0 Å². The molecular weight excluding hydrogens is 236 g/mol. The molecule has 98 valence electrons. The lowest BCUT2D eigenvalue weighted by Gasteiger charge is -2.21. The van der Waals surface area contributed by atoms with Gasteiger partial charge in [-0.3, -0.25) is 15.0 Å². The summed E-state index contributed by atoms with van der Waals surface area (Å²) in [5.41, 5.74) is 5.73. The average molecular weight is 252 g/mol. The number of likely N-dealkylation sites (tertiary alicyclic amines) is 1. The maximum Gasteiger partial charge on any atom is 0.318 e. The molecule has 2 heterocycles. The summed E-state index contributed by atoms with van der Waals surface area (Å²) in [7, 11) is 0. The highest BCUT2D eigenvalue weighted by Crippen LogP contribution is 2.30. The second-order valence-electron chi connectivity index (χ2n) is 4.40. The Morgan fingerprint density at radius 2 is 2.44 bits per heavy atom. The van der Waals surface area contributed by atoms with Crippen LogP contribution >= 0.6 is 0 Å². The molecule has 3 amide bonds. The number of hydrogen-bond donors (Lipinski definition) is 2. The van der Waals surface area contributed by atoms with Crippen LogP contribution in [0.4, 0.5) is 4.79 Å². The molecule has 1 aliphatic heterocycles. The number of nitrogens with two attached hydrogens (primary N) is 1. The van der Waals surface area contributed by atoms with Gasteiger partial charge in [-0.1, -0.05) is 5.16 Å². The largest absolute Gasteiger partial charge is 0.361 e. The summed E-state index contributed by atoms with van der Waals surface area (Å²) < 4.78 is 5.04. The summed E-state index contributed by atoms with van der Waals surface area (Å²) in [6.07, 6.45) is 1.91. The van der Waals surface area contributed by atoms with Crippen molar-refractivity contribution in [2.75, 3.05) is 13.1 Å². The number of urea groups is 1. The average Bonchev–Trinajstić information content (AvgIpc) is 2.85. The van der Waals surface area contributed by atoms with E-state index in [4.69, 9.17) is 10.3 Å². The number of nitrogens with zero attached hydrogens (tertiary/aromatic N) is 2. The van der Waals surface area contributed by atoms with Crippen LogP contribution in [-0.2, 0) is 4.79 Å². The predicted molar refractivity (Wildman–Crippen MR) is 62.5 cm³/mol. The third-order valence-electron chi connectivity index (χ3n) is 2.96. The minimum Gasteiger partial charge on any atom is -0.361 e. The highest BCUT2D eigenvalue weighted by Gasteiger charge is 2.29. The number of rotatable bonds is 3. The van der Waals surface area contributed by atoms with Crippen molar-refractivity contribution in [1.29, 1.82) is 0 Å². The first kappa shape index (κ1) is 12.6. The number of carbonyl (C=O) groups excluding carboxylic acids is 2. The Kier molecular flexibility index (Phi) is 3.61. The van der Waals surface area contributed by atoms with E-state index in [0.29, 0.717) is 0 Å². The Morgan fingerprint density at radius 3 is 3.06 bits per heavy atom. The van der Waals surface area contributed by atoms with E-state index in [0.717, 1.165) is 30.8 Å². The minimum absolute atomic E-state index is 0.0704. The van der Waals surface area contributed by atoms with E-state index in [1.54, 1.807) is 0 Å². The van der Waals surface area contributed by atoms with Gasteiger partial charge in [0.25, 0.3) is 0 Å². The van der Waals surface area contributed by atoms with Crippen LogP contribution < -0.4 is 11.1 Å². The molecule has 0 aromatic carbocycles. The molecule has 1 fully saturated rings. The van der Waals surface area contributed by atoms with E-state index in [9.17, 15) is 9.59 Å². The van der Waals surface area contributed by atoms with Crippen molar-refractivity contribution in [3.63, 3.8) is 0 Å². The number of imide groups is 1. The van der Waals surface area contributed by atoms with Gasteiger partial charge < -0.3 is 10.3 Å². The van der Waals surface area contributed by atoms with E-state index in [1.807, 2.05) is 17.9 Å². The van der Waals surface area contributed by atoms with Crippen LogP contribution in [0.15, 0.2) is 10.6 Å². The fourth-order valence-corrected chi connectivity index (χ4v) is 2.25. The van der Waals surface area contributed by atoms with Gasteiger partial charge >= 0.3 is 6.03 Å². The van der Waals surface area contributed by atoms with Crippen LogP contribution in [0.25, 0.3) is 0 Å². The highest BCUT2D eigenvalue weighted by atomic mass is 16.5. The molecular formula is C11H16N4O3. The summed E-state index contributed by atoms with van der Waals surface area (Å²) in [6, 6.07) is 1.11. The Balaban J connectivity index is 1.99. The number of aromatic nitrogens is 1. The first-order valence-electron chi connectivity index (χ1n) is 5.83. The van der Waals surface area contributed by atoms with Crippen molar-refractivity contribution >= 4 is 11.9 Å². The van der Waals surface area contributed by atoms with Crippen molar-refractivity contribution in [2.45, 2.75) is 25.8 Å². The molecule has 0 aliphatic carbocycles. The van der Waals surface area contributed by atoms with Gasteiger partial charge in [-0.2, -0.15) is 0 Å². The molecule has 1 unspecified atom stereocenters. The molecule has 7 nitrogen and oxygen atoms in total. The zero-order valence-electron chi connectivity index (χ0n) is 10.2. The molecule has 0 bridgehead atoms. The second kappa shape index (κ2) is 5.18. The lowest BCUT2D eigenvalue weighted by atomic mass is 10.1. The second-order valence-corrected chi connectivity index (χ2v) is 4.40. The van der Waals surface area contributed by atoms with Gasteiger partial charge in [0.2, 0.25) is 5.91 Å². The summed E-state index contributed by atoms with van der Waals surface area (Å²) in [5.74, 6) is 0.355. The first-order valence-corrected chi connectivity index (χ1v) is 5.83. The standard InChI is InChI=1S/C11H16N4O3/c1-7-5-8(14-18-7)9-3-2-4-15(9)6-10(16)13-11(12)17/h5,9H,2-4,6H2,1H3,(H3,12,13,16,17). The Hall–Kier alpha value is -1.89. The Morgan fingerprint density at radius 1 is 1.67 bits per heavy atom. The smallest absolute Gasteiger partial charge is 0.318 e. The van der Waals surface area contributed by atoms with Gasteiger partial charge in [0, 0.05) is 6.07 Å². The molecule has 1 atom stereocenters. The topological polar surface area (TPSA) is 101 Å². The van der Waals surface area contributed by atoms with Gasteiger partial charge in [0.05, 0.1) is 12.6 Å². The first-order chi connectivity index (χ1) is 8.56. The Bertz CT molecular complexity index is 457. The number of primary amides is 1. The van der Waals surface area contributed by atoms with Crippen LogP contribution in [0.5, 0.6) is 0 Å². The third-order valence-corrected chi connectivity index (χ3v) is 2.96. The number of aryl methyl sites for hydroxylation is 1. The number of nitrogens with one attached hydrogen (secondary N) is 1. The summed E-state index contributed by atoms with van der Waals surface area (Å²) in [6.45, 7) is 2.76. The van der Waals surface area contributed by atoms with E-state index in [2.05, 4.69) is 10.5 Å². The maximum absolute atomic E-state index is 11.5. The summed E-state index contributed by atoms with van der Waals surface area (Å²) in [5, 5.41) is 6.04. The van der Waals surface area contributed by atoms with Crippen LogP contribution in [0.1, 0.15) is 30.3 Å². The number of amides is 3. The molecule has 0 saturated carbocycles. The summed E-state index contributed by atoms with van der Waals surface area (Å²) >= 11 is 0. The highest BCUT2D eigenvalue weighted by molar-refractivity contribution is 5.94. The molecule has 18 heavy (non-hydrogen) atoms. The van der Waals surface area contributed by atoms with Gasteiger partial charge in [-0.05, 0) is 26.3 Å². The molecule has 7 heteroatoms. The van der Waals surface area contributed by atoms with Crippen LogP contribution in [0.2, 0.25) is 0 Å². The van der Waals surface area contributed by atoms with Crippen LogP contribution in [0.3, 0.4) is 0 Å². The number of hydrogen-bond acceptors (Lipinski definition) is 5. The predicted octanol–water partition coefficient (Wildman–Crippen LogP) is 0.315. The normalized spacial score (nSPS) is 19.9. The lowest BCUT2D eigenvalue weighted by molar-refractivity contribution is -0.121. The van der Waals surface area contributed by atoms with Crippen molar-refractivity contribution in [1.82, 2.24) is 15.4 Å². The van der Waals surface area contributed by atoms with Gasteiger partial charge in [-0.25, -0.2) is 4.79 Å². The molecule has 1 aromatic heterocycles. The molecule has 3 N–H and O–H groups in total. The lowest BCUT2D eigenvalue weighted by Crippen LogP contribution is -2.42. The minimum atomic E-state index is -0.826. The summed E-state index contributed by atoms with van der Waals surface area (Å²) in [4.78, 5) is 24.0. The van der Waals surface area contributed by atoms with Gasteiger partial charge in [0.1, 0.15) is 11.5 Å². The molecule has 0 spiro atoms. The monoisotopic (exact) mass is 252 g/mol. The van der Waals surface area contributed by atoms with Gasteiger partial charge in [-0.15, -0.1) is 0 Å². The Labute approximate surface area is 104 Å². The van der Waals surface area contributed by atoms with Crippen LogP contribution in [0, 0.1) is 6.92 Å². The number of carbonyl (C=O) groups is 2. The van der Waals surface area contributed by atoms with E-state index >= 15 is 0 Å². The molecule has 1 aliphatic rings. The van der Waals surface area contributed by atoms with Crippen molar-refractivity contribution in [3.8, 4) is 0 Å². The third kappa shape index (κ3) is 2.86. The zero-order valence-corrected chi connectivity index (χ0v) is 10.2. The van der Waals surface area contributed by atoms with E-state index in [-0.39, 0.29) is 12.6 Å². The molecule has 0 radical (unpaired) electrons. The zero-order chi connectivity index (χ0) is 13.1. The van der Waals surface area contributed by atoms with Crippen LogP contribution in [-0.4, -0.2) is 35.1 Å².